The van der Waals surface area contributed by atoms with Crippen molar-refractivity contribution in [3.05, 3.63) is 28.2 Å². The number of ether oxygens (including phenoxy) is 1. The highest BCUT2D eigenvalue weighted by molar-refractivity contribution is 9.10. The lowest BCUT2D eigenvalue weighted by Gasteiger charge is -2.33. The molecule has 2 atom stereocenters. The first kappa shape index (κ1) is 15.2. The summed E-state index contributed by atoms with van der Waals surface area (Å²) < 4.78 is 6.55. The zero-order chi connectivity index (χ0) is 13.8. The molecule has 1 aromatic carbocycles. The largest absolute Gasteiger partial charge is 0.496 e. The molecule has 0 aliphatic carbocycles. The van der Waals surface area contributed by atoms with E-state index in [1.54, 1.807) is 7.11 Å². The monoisotopic (exact) mass is 344 g/mol. The quantitative estimate of drug-likeness (QED) is 0.891. The molecule has 0 spiro atoms. The minimum absolute atomic E-state index is 0.205. The Morgan fingerprint density at radius 2 is 2.37 bits per heavy atom. The molecule has 0 saturated carbocycles. The van der Waals surface area contributed by atoms with Gasteiger partial charge in [0.05, 0.1) is 13.2 Å². The number of nitrogens with two attached hydrogens (primary N) is 1. The van der Waals surface area contributed by atoms with Crippen LogP contribution in [0.5, 0.6) is 5.75 Å². The Hall–Kier alpha value is -0.230. The van der Waals surface area contributed by atoms with Crippen LogP contribution in [0.3, 0.4) is 0 Å². The number of hydrogen-bond acceptors (Lipinski definition) is 4. The standard InChI is InChI=1S/C14H21BrN2OS/c1-17(11-5-6-19-9-11)13(8-16)12-7-10(15)3-4-14(12)18-2/h3-4,7,11,13H,5-6,8-9,16H2,1-2H3. The van der Waals surface area contributed by atoms with Crippen LogP contribution in [0.4, 0.5) is 0 Å². The SMILES string of the molecule is COc1ccc(Br)cc1C(CN)N(C)C1CCSC1. The van der Waals surface area contributed by atoms with Crippen LogP contribution in [0.25, 0.3) is 0 Å². The van der Waals surface area contributed by atoms with E-state index in [0.29, 0.717) is 12.6 Å². The molecule has 1 aliphatic heterocycles. The average Bonchev–Trinajstić information content (AvgIpc) is 2.93. The molecule has 3 nitrogen and oxygen atoms in total. The molecule has 19 heavy (non-hydrogen) atoms. The summed E-state index contributed by atoms with van der Waals surface area (Å²) in [4.78, 5) is 2.41. The molecule has 2 rings (SSSR count). The minimum atomic E-state index is 0.205. The maximum absolute atomic E-state index is 6.03. The van der Waals surface area contributed by atoms with Crippen molar-refractivity contribution in [1.82, 2.24) is 4.90 Å². The van der Waals surface area contributed by atoms with Crippen LogP contribution >= 0.6 is 27.7 Å². The lowest BCUT2D eigenvalue weighted by atomic mass is 10.0. The van der Waals surface area contributed by atoms with Crippen LogP contribution in [0, 0.1) is 0 Å². The van der Waals surface area contributed by atoms with Gasteiger partial charge in [0.1, 0.15) is 5.75 Å². The molecule has 1 aromatic rings. The van der Waals surface area contributed by atoms with Gasteiger partial charge in [0.15, 0.2) is 0 Å². The maximum Gasteiger partial charge on any atom is 0.123 e. The Morgan fingerprint density at radius 3 is 2.95 bits per heavy atom. The number of methoxy groups -OCH3 is 1. The van der Waals surface area contributed by atoms with Crippen LogP contribution in [0.1, 0.15) is 18.0 Å². The van der Waals surface area contributed by atoms with Crippen LogP contribution in [-0.2, 0) is 0 Å². The lowest BCUT2D eigenvalue weighted by molar-refractivity contribution is 0.189. The molecule has 0 aromatic heterocycles. The third-order valence-electron chi connectivity index (χ3n) is 3.75. The summed E-state index contributed by atoms with van der Waals surface area (Å²) in [5.74, 6) is 3.36. The zero-order valence-corrected chi connectivity index (χ0v) is 13.8. The number of thioether (sulfide) groups is 1. The first-order valence-electron chi connectivity index (χ1n) is 6.50. The van der Waals surface area contributed by atoms with Crippen molar-refractivity contribution in [3.8, 4) is 5.75 Å². The number of benzene rings is 1. The molecule has 106 valence electrons. The van der Waals surface area contributed by atoms with E-state index in [2.05, 4.69) is 33.9 Å². The van der Waals surface area contributed by atoms with Crippen LogP contribution < -0.4 is 10.5 Å². The average molecular weight is 345 g/mol. The molecule has 1 saturated heterocycles. The van der Waals surface area contributed by atoms with Gasteiger partial charge in [0, 0.05) is 28.4 Å². The number of rotatable bonds is 5. The summed E-state index contributed by atoms with van der Waals surface area (Å²) in [6, 6.07) is 6.94. The van der Waals surface area contributed by atoms with Crippen molar-refractivity contribution < 1.29 is 4.74 Å². The Labute approximate surface area is 128 Å². The second-order valence-corrected chi connectivity index (χ2v) is 6.89. The van der Waals surface area contributed by atoms with Gasteiger partial charge in [0.25, 0.3) is 0 Å². The van der Waals surface area contributed by atoms with Crippen molar-refractivity contribution in [2.45, 2.75) is 18.5 Å². The first-order chi connectivity index (χ1) is 9.17. The Bertz CT molecular complexity index is 424. The Balaban J connectivity index is 2.27. The third-order valence-corrected chi connectivity index (χ3v) is 5.39. The third kappa shape index (κ3) is 3.45. The van der Waals surface area contributed by atoms with Gasteiger partial charge in [-0.2, -0.15) is 11.8 Å². The first-order valence-corrected chi connectivity index (χ1v) is 8.45. The highest BCUT2D eigenvalue weighted by Gasteiger charge is 2.28. The number of nitrogens with zero attached hydrogens (tertiary/aromatic N) is 1. The van der Waals surface area contributed by atoms with Gasteiger partial charge in [0.2, 0.25) is 0 Å². The fraction of sp³-hybridized carbons (Fsp3) is 0.571. The van der Waals surface area contributed by atoms with Crippen LogP contribution in [-0.4, -0.2) is 43.1 Å². The highest BCUT2D eigenvalue weighted by Crippen LogP contribution is 2.34. The van der Waals surface area contributed by atoms with Crippen LogP contribution in [0.15, 0.2) is 22.7 Å². The molecule has 0 bridgehead atoms. The lowest BCUT2D eigenvalue weighted by Crippen LogP contribution is -2.38. The normalized spacial score (nSPS) is 20.8. The van der Waals surface area contributed by atoms with Crippen molar-refractivity contribution in [3.63, 3.8) is 0 Å². The maximum atomic E-state index is 6.03. The van der Waals surface area contributed by atoms with Gasteiger partial charge in [-0.05, 0) is 37.4 Å². The summed E-state index contributed by atoms with van der Waals surface area (Å²) in [5.41, 5.74) is 7.19. The van der Waals surface area contributed by atoms with Crippen molar-refractivity contribution >= 4 is 27.7 Å². The van der Waals surface area contributed by atoms with E-state index in [1.165, 1.54) is 23.5 Å². The van der Waals surface area contributed by atoms with Gasteiger partial charge in [-0.3, -0.25) is 4.90 Å². The molecule has 2 unspecified atom stereocenters. The fourth-order valence-electron chi connectivity index (χ4n) is 2.58. The second kappa shape index (κ2) is 6.97. The molecule has 0 amide bonds. The minimum Gasteiger partial charge on any atom is -0.496 e. The number of likely N-dealkylation sites (N-methyl/N-ethyl adjacent to an activating group) is 1. The van der Waals surface area contributed by atoms with E-state index in [0.717, 1.165) is 10.2 Å². The summed E-state index contributed by atoms with van der Waals surface area (Å²) in [6.07, 6.45) is 1.24. The van der Waals surface area contributed by atoms with E-state index in [4.69, 9.17) is 10.5 Å². The van der Waals surface area contributed by atoms with E-state index in [9.17, 15) is 0 Å². The predicted molar refractivity (Wildman–Crippen MR) is 86.0 cm³/mol. The molecular weight excluding hydrogens is 324 g/mol. The van der Waals surface area contributed by atoms with E-state index in [1.807, 2.05) is 23.9 Å². The summed E-state index contributed by atoms with van der Waals surface area (Å²) in [6.45, 7) is 0.602. The van der Waals surface area contributed by atoms with Crippen molar-refractivity contribution in [2.24, 2.45) is 5.73 Å². The topological polar surface area (TPSA) is 38.5 Å². The van der Waals surface area contributed by atoms with E-state index in [-0.39, 0.29) is 6.04 Å². The van der Waals surface area contributed by atoms with Gasteiger partial charge in [-0.25, -0.2) is 0 Å². The molecule has 1 heterocycles. The zero-order valence-electron chi connectivity index (χ0n) is 11.4. The van der Waals surface area contributed by atoms with Gasteiger partial charge in [-0.1, -0.05) is 15.9 Å². The Kier molecular flexibility index (Phi) is 5.57. The van der Waals surface area contributed by atoms with Crippen molar-refractivity contribution in [1.29, 1.82) is 0 Å². The summed E-state index contributed by atoms with van der Waals surface area (Å²) in [7, 11) is 3.89. The molecular formula is C14H21BrN2OS. The van der Waals surface area contributed by atoms with Gasteiger partial charge in [-0.15, -0.1) is 0 Å². The molecule has 1 fully saturated rings. The molecule has 5 heteroatoms. The fourth-order valence-corrected chi connectivity index (χ4v) is 4.23. The van der Waals surface area contributed by atoms with Crippen molar-refractivity contribution in [2.75, 3.05) is 32.2 Å². The number of halogens is 1. The summed E-state index contributed by atoms with van der Waals surface area (Å²) in [5, 5.41) is 0. The Morgan fingerprint density at radius 1 is 1.58 bits per heavy atom. The second-order valence-electron chi connectivity index (χ2n) is 4.82. The van der Waals surface area contributed by atoms with E-state index < -0.39 is 0 Å². The highest BCUT2D eigenvalue weighted by atomic mass is 79.9. The smallest absolute Gasteiger partial charge is 0.123 e. The summed E-state index contributed by atoms with van der Waals surface area (Å²) >= 11 is 5.56. The number of hydrogen-bond donors (Lipinski definition) is 1. The van der Waals surface area contributed by atoms with Gasteiger partial charge >= 0.3 is 0 Å². The molecule has 1 aliphatic rings. The molecule has 0 radical (unpaired) electrons. The predicted octanol–water partition coefficient (Wildman–Crippen LogP) is 2.89. The van der Waals surface area contributed by atoms with Gasteiger partial charge < -0.3 is 10.5 Å². The van der Waals surface area contributed by atoms with E-state index >= 15 is 0 Å². The molecule has 2 N–H and O–H groups in total. The van der Waals surface area contributed by atoms with Crippen LogP contribution in [0.2, 0.25) is 0 Å².